The van der Waals surface area contributed by atoms with Crippen LogP contribution in [0.15, 0.2) is 4.99 Å². The molecule has 2 aliphatic rings. The lowest BCUT2D eigenvalue weighted by atomic mass is 9.83. The zero-order valence-electron chi connectivity index (χ0n) is 15.8. The van der Waals surface area contributed by atoms with Crippen molar-refractivity contribution in [2.24, 2.45) is 10.4 Å². The Kier molecular flexibility index (Phi) is 12.0. The van der Waals surface area contributed by atoms with E-state index in [0.717, 1.165) is 51.5 Å². The first-order chi connectivity index (χ1) is 11.8. The van der Waals surface area contributed by atoms with Gasteiger partial charge in [-0.25, -0.2) is 0 Å². The van der Waals surface area contributed by atoms with Gasteiger partial charge in [0.25, 0.3) is 0 Å². The maximum atomic E-state index is 5.68. The fourth-order valence-corrected chi connectivity index (χ4v) is 3.68. The Balaban J connectivity index is 0.00000312. The highest BCUT2D eigenvalue weighted by molar-refractivity contribution is 14.0. The second-order valence-corrected chi connectivity index (χ2v) is 7.01. The molecule has 1 saturated carbocycles. The summed E-state index contributed by atoms with van der Waals surface area (Å²) in [4.78, 5) is 4.32. The van der Waals surface area contributed by atoms with Crippen LogP contribution in [0.1, 0.15) is 44.9 Å². The zero-order valence-corrected chi connectivity index (χ0v) is 18.2. The Hall–Kier alpha value is -0.120. The number of hydrogen-bond donors (Lipinski definition) is 2. The van der Waals surface area contributed by atoms with Crippen LogP contribution >= 0.6 is 24.0 Å². The monoisotopic (exact) mass is 469 g/mol. The third-order valence-electron chi connectivity index (χ3n) is 5.22. The van der Waals surface area contributed by atoms with E-state index in [1.807, 2.05) is 7.05 Å². The van der Waals surface area contributed by atoms with Gasteiger partial charge in [0.05, 0.1) is 19.3 Å². The van der Waals surface area contributed by atoms with Gasteiger partial charge in [-0.2, -0.15) is 0 Å². The van der Waals surface area contributed by atoms with Crippen molar-refractivity contribution >= 4 is 29.9 Å². The molecule has 1 saturated heterocycles. The largest absolute Gasteiger partial charge is 0.385 e. The minimum absolute atomic E-state index is 0. The third-order valence-corrected chi connectivity index (χ3v) is 5.22. The van der Waals surface area contributed by atoms with Gasteiger partial charge < -0.3 is 24.8 Å². The SMILES string of the molecule is CN=C(NCCOCC1CCCO1)NCC1(CCOC)CCCC1.I. The van der Waals surface area contributed by atoms with Gasteiger partial charge in [0.2, 0.25) is 0 Å². The maximum Gasteiger partial charge on any atom is 0.191 e. The second-order valence-electron chi connectivity index (χ2n) is 7.01. The van der Waals surface area contributed by atoms with Crippen molar-refractivity contribution in [1.29, 1.82) is 0 Å². The van der Waals surface area contributed by atoms with Crippen molar-refractivity contribution in [1.82, 2.24) is 10.6 Å². The molecule has 7 heteroatoms. The summed E-state index contributed by atoms with van der Waals surface area (Å²) in [5.41, 5.74) is 0.365. The lowest BCUT2D eigenvalue weighted by molar-refractivity contribution is 0.0191. The van der Waals surface area contributed by atoms with Gasteiger partial charge in [-0.1, -0.05) is 12.8 Å². The molecule has 1 aliphatic carbocycles. The van der Waals surface area contributed by atoms with E-state index >= 15 is 0 Å². The Bertz CT molecular complexity index is 371. The highest BCUT2D eigenvalue weighted by atomic mass is 127. The average Bonchev–Trinajstić information content (AvgIpc) is 3.28. The van der Waals surface area contributed by atoms with E-state index in [2.05, 4.69) is 15.6 Å². The highest BCUT2D eigenvalue weighted by Gasteiger charge is 2.33. The number of aliphatic imine (C=N–C) groups is 1. The average molecular weight is 469 g/mol. The molecule has 0 bridgehead atoms. The van der Waals surface area contributed by atoms with Gasteiger partial charge in [0, 0.05) is 40.5 Å². The molecule has 6 nitrogen and oxygen atoms in total. The predicted octanol–water partition coefficient (Wildman–Crippen LogP) is 2.56. The molecule has 1 aliphatic heterocycles. The molecular formula is C18H36IN3O3. The minimum Gasteiger partial charge on any atom is -0.385 e. The minimum atomic E-state index is 0. The molecule has 1 atom stereocenters. The normalized spacial score (nSPS) is 22.6. The van der Waals surface area contributed by atoms with E-state index < -0.39 is 0 Å². The van der Waals surface area contributed by atoms with Crippen molar-refractivity contribution in [3.05, 3.63) is 0 Å². The van der Waals surface area contributed by atoms with Crippen LogP contribution < -0.4 is 10.6 Å². The van der Waals surface area contributed by atoms with Gasteiger partial charge >= 0.3 is 0 Å². The summed E-state index contributed by atoms with van der Waals surface area (Å²) in [5.74, 6) is 0.861. The van der Waals surface area contributed by atoms with E-state index in [4.69, 9.17) is 14.2 Å². The summed E-state index contributed by atoms with van der Waals surface area (Å²) in [6.45, 7) is 4.83. The van der Waals surface area contributed by atoms with Crippen molar-refractivity contribution in [3.63, 3.8) is 0 Å². The van der Waals surface area contributed by atoms with Crippen molar-refractivity contribution in [2.45, 2.75) is 51.0 Å². The first-order valence-electron chi connectivity index (χ1n) is 9.41. The molecule has 0 aromatic carbocycles. The van der Waals surface area contributed by atoms with Crippen LogP contribution in [0.25, 0.3) is 0 Å². The summed E-state index contributed by atoms with van der Waals surface area (Å²) < 4.78 is 16.5. The molecule has 2 N–H and O–H groups in total. The number of ether oxygens (including phenoxy) is 3. The van der Waals surface area contributed by atoms with Crippen LogP contribution in [0.4, 0.5) is 0 Å². The molecule has 25 heavy (non-hydrogen) atoms. The summed E-state index contributed by atoms with van der Waals surface area (Å²) >= 11 is 0. The summed E-state index contributed by atoms with van der Waals surface area (Å²) in [6.07, 6.45) is 8.93. The lowest BCUT2D eigenvalue weighted by Gasteiger charge is -2.30. The fraction of sp³-hybridized carbons (Fsp3) is 0.944. The second kappa shape index (κ2) is 13.1. The van der Waals surface area contributed by atoms with E-state index in [0.29, 0.717) is 24.7 Å². The van der Waals surface area contributed by atoms with Crippen molar-refractivity contribution in [2.75, 3.05) is 53.7 Å². The smallest absolute Gasteiger partial charge is 0.191 e. The quantitative estimate of drug-likeness (QED) is 0.223. The van der Waals surface area contributed by atoms with Crippen LogP contribution in [-0.4, -0.2) is 65.7 Å². The molecule has 148 valence electrons. The summed E-state index contributed by atoms with van der Waals surface area (Å²) in [6, 6.07) is 0. The van der Waals surface area contributed by atoms with Gasteiger partial charge in [0.1, 0.15) is 0 Å². The summed E-state index contributed by atoms with van der Waals surface area (Å²) in [5, 5.41) is 6.83. The number of rotatable bonds is 10. The Morgan fingerprint density at radius 2 is 2.00 bits per heavy atom. The number of methoxy groups -OCH3 is 1. The van der Waals surface area contributed by atoms with Gasteiger partial charge in [-0.15, -0.1) is 24.0 Å². The first kappa shape index (κ1) is 22.9. The molecular weight excluding hydrogens is 433 g/mol. The van der Waals surface area contributed by atoms with Gasteiger partial charge in [-0.3, -0.25) is 4.99 Å². The molecule has 1 heterocycles. The number of hydrogen-bond acceptors (Lipinski definition) is 4. The topological polar surface area (TPSA) is 64.1 Å². The van der Waals surface area contributed by atoms with Crippen LogP contribution in [0.2, 0.25) is 0 Å². The number of halogens is 1. The molecule has 0 spiro atoms. The Morgan fingerprint density at radius 1 is 1.20 bits per heavy atom. The van der Waals surface area contributed by atoms with E-state index in [1.165, 1.54) is 25.7 Å². The third kappa shape index (κ3) is 8.41. The zero-order chi connectivity index (χ0) is 17.1. The summed E-state index contributed by atoms with van der Waals surface area (Å²) in [7, 11) is 3.60. The molecule has 0 aromatic heterocycles. The molecule has 1 unspecified atom stereocenters. The van der Waals surface area contributed by atoms with Gasteiger partial charge in [0.15, 0.2) is 5.96 Å². The number of guanidine groups is 1. The Labute approximate surface area is 169 Å². The van der Waals surface area contributed by atoms with Crippen LogP contribution in [0.5, 0.6) is 0 Å². The number of nitrogens with zero attached hydrogens (tertiary/aromatic N) is 1. The molecule has 2 rings (SSSR count). The predicted molar refractivity (Wildman–Crippen MR) is 112 cm³/mol. The van der Waals surface area contributed by atoms with E-state index in [-0.39, 0.29) is 24.0 Å². The standard InChI is InChI=1S/C18H35N3O3.HI/c1-19-17(20-10-13-23-14-16-6-5-11-24-16)21-15-18(9-12-22-2)7-3-4-8-18;/h16H,3-15H2,1-2H3,(H2,19,20,21);1H. The van der Waals surface area contributed by atoms with E-state index in [9.17, 15) is 0 Å². The van der Waals surface area contributed by atoms with Crippen LogP contribution in [0.3, 0.4) is 0 Å². The number of nitrogens with one attached hydrogen (secondary N) is 2. The first-order valence-corrected chi connectivity index (χ1v) is 9.41. The Morgan fingerprint density at radius 3 is 2.64 bits per heavy atom. The molecule has 0 amide bonds. The molecule has 0 radical (unpaired) electrons. The van der Waals surface area contributed by atoms with Crippen LogP contribution in [0, 0.1) is 5.41 Å². The highest BCUT2D eigenvalue weighted by Crippen LogP contribution is 2.40. The van der Waals surface area contributed by atoms with Gasteiger partial charge in [-0.05, 0) is 37.5 Å². The molecule has 0 aromatic rings. The van der Waals surface area contributed by atoms with Crippen LogP contribution in [-0.2, 0) is 14.2 Å². The van der Waals surface area contributed by atoms with E-state index in [1.54, 1.807) is 7.11 Å². The lowest BCUT2D eigenvalue weighted by Crippen LogP contribution is -2.44. The van der Waals surface area contributed by atoms with Crippen molar-refractivity contribution < 1.29 is 14.2 Å². The molecule has 2 fully saturated rings. The maximum absolute atomic E-state index is 5.68. The fourth-order valence-electron chi connectivity index (χ4n) is 3.68. The van der Waals surface area contributed by atoms with Crippen molar-refractivity contribution in [3.8, 4) is 0 Å².